The summed E-state index contributed by atoms with van der Waals surface area (Å²) in [6, 6.07) is 16.7. The van der Waals surface area contributed by atoms with E-state index in [1.165, 1.54) is 0 Å². The molecule has 0 aromatic heterocycles. The third kappa shape index (κ3) is 4.15. The van der Waals surface area contributed by atoms with Crippen molar-refractivity contribution in [2.75, 3.05) is 6.61 Å². The molecule has 0 aliphatic heterocycles. The smallest absolute Gasteiger partial charge is 0.224 e. The van der Waals surface area contributed by atoms with Gasteiger partial charge in [-0.3, -0.25) is 4.79 Å². The van der Waals surface area contributed by atoms with Crippen molar-refractivity contribution in [3.05, 3.63) is 71.3 Å². The Morgan fingerprint density at radius 2 is 1.67 bits per heavy atom. The van der Waals surface area contributed by atoms with Crippen LogP contribution in [-0.2, 0) is 17.8 Å². The molecule has 2 aromatic carbocycles. The number of aliphatic hydroxyl groups excluding tert-OH is 1. The van der Waals surface area contributed by atoms with Gasteiger partial charge in [0.05, 0.1) is 19.1 Å². The molecule has 4 heteroatoms. The van der Waals surface area contributed by atoms with E-state index in [-0.39, 0.29) is 25.0 Å². The van der Waals surface area contributed by atoms with Crippen LogP contribution < -0.4 is 11.1 Å². The molecular formula is C17H20N2O2. The molecule has 0 saturated carbocycles. The monoisotopic (exact) mass is 284 g/mol. The van der Waals surface area contributed by atoms with Gasteiger partial charge in [-0.15, -0.1) is 0 Å². The highest BCUT2D eigenvalue weighted by molar-refractivity contribution is 5.79. The Bertz CT molecular complexity index is 584. The Balaban J connectivity index is 2.03. The average molecular weight is 284 g/mol. The summed E-state index contributed by atoms with van der Waals surface area (Å²) in [5.41, 5.74) is 8.45. The van der Waals surface area contributed by atoms with Crippen LogP contribution in [-0.4, -0.2) is 17.6 Å². The van der Waals surface area contributed by atoms with Gasteiger partial charge in [-0.05, 0) is 16.7 Å². The highest BCUT2D eigenvalue weighted by atomic mass is 16.3. The van der Waals surface area contributed by atoms with Gasteiger partial charge in [0.1, 0.15) is 0 Å². The molecule has 0 fully saturated rings. The van der Waals surface area contributed by atoms with Crippen LogP contribution in [0.1, 0.15) is 22.7 Å². The number of hydrogen-bond donors (Lipinski definition) is 3. The first-order valence-corrected chi connectivity index (χ1v) is 6.96. The number of aliphatic hydroxyl groups is 1. The van der Waals surface area contributed by atoms with Gasteiger partial charge < -0.3 is 16.2 Å². The Morgan fingerprint density at radius 3 is 2.29 bits per heavy atom. The van der Waals surface area contributed by atoms with Crippen LogP contribution in [0, 0.1) is 0 Å². The molecule has 1 atom stereocenters. The molecule has 0 heterocycles. The summed E-state index contributed by atoms with van der Waals surface area (Å²) in [5.74, 6) is -0.126. The molecule has 0 spiro atoms. The van der Waals surface area contributed by atoms with Crippen LogP contribution in [0.3, 0.4) is 0 Å². The van der Waals surface area contributed by atoms with Crippen LogP contribution in [0.5, 0.6) is 0 Å². The number of amides is 1. The predicted molar refractivity (Wildman–Crippen MR) is 82.4 cm³/mol. The van der Waals surface area contributed by atoms with Crippen molar-refractivity contribution in [1.29, 1.82) is 0 Å². The van der Waals surface area contributed by atoms with Crippen LogP contribution in [0.4, 0.5) is 0 Å². The summed E-state index contributed by atoms with van der Waals surface area (Å²) in [7, 11) is 0. The third-order valence-electron chi connectivity index (χ3n) is 3.41. The molecule has 2 aromatic rings. The average Bonchev–Trinajstić information content (AvgIpc) is 2.54. The summed E-state index contributed by atoms with van der Waals surface area (Å²) in [4.78, 5) is 12.2. The van der Waals surface area contributed by atoms with Crippen molar-refractivity contribution in [2.24, 2.45) is 5.73 Å². The lowest BCUT2D eigenvalue weighted by Crippen LogP contribution is -2.32. The summed E-state index contributed by atoms with van der Waals surface area (Å²) in [5, 5.41) is 12.3. The van der Waals surface area contributed by atoms with Crippen molar-refractivity contribution in [3.8, 4) is 0 Å². The Kier molecular flexibility index (Phi) is 5.49. The van der Waals surface area contributed by atoms with Gasteiger partial charge in [0.25, 0.3) is 0 Å². The van der Waals surface area contributed by atoms with Gasteiger partial charge in [0.15, 0.2) is 0 Å². The minimum absolute atomic E-state index is 0.126. The number of nitrogens with one attached hydrogen (secondary N) is 1. The van der Waals surface area contributed by atoms with E-state index < -0.39 is 0 Å². The van der Waals surface area contributed by atoms with Crippen molar-refractivity contribution in [1.82, 2.24) is 5.32 Å². The molecule has 0 unspecified atom stereocenters. The van der Waals surface area contributed by atoms with E-state index >= 15 is 0 Å². The van der Waals surface area contributed by atoms with E-state index in [4.69, 9.17) is 5.73 Å². The van der Waals surface area contributed by atoms with E-state index in [0.717, 1.165) is 16.7 Å². The van der Waals surface area contributed by atoms with Gasteiger partial charge in [-0.1, -0.05) is 54.6 Å². The van der Waals surface area contributed by atoms with Gasteiger partial charge in [-0.2, -0.15) is 0 Å². The van der Waals surface area contributed by atoms with E-state index in [1.54, 1.807) is 0 Å². The quantitative estimate of drug-likeness (QED) is 0.753. The highest BCUT2D eigenvalue weighted by Crippen LogP contribution is 2.13. The maximum Gasteiger partial charge on any atom is 0.224 e. The first kappa shape index (κ1) is 15.2. The summed E-state index contributed by atoms with van der Waals surface area (Å²) in [6.45, 7) is 0.278. The van der Waals surface area contributed by atoms with Crippen molar-refractivity contribution < 1.29 is 9.90 Å². The molecule has 110 valence electrons. The summed E-state index contributed by atoms with van der Waals surface area (Å²) in [6.07, 6.45) is 0.261. The van der Waals surface area contributed by atoms with Crippen LogP contribution >= 0.6 is 0 Å². The lowest BCUT2D eigenvalue weighted by molar-refractivity contribution is -0.121. The zero-order chi connectivity index (χ0) is 15.1. The zero-order valence-electron chi connectivity index (χ0n) is 11.8. The summed E-state index contributed by atoms with van der Waals surface area (Å²) >= 11 is 0. The minimum Gasteiger partial charge on any atom is -0.394 e. The molecule has 0 aliphatic carbocycles. The van der Waals surface area contributed by atoms with Crippen molar-refractivity contribution in [3.63, 3.8) is 0 Å². The topological polar surface area (TPSA) is 75.4 Å². The Hall–Kier alpha value is -2.17. The normalized spacial score (nSPS) is 11.9. The van der Waals surface area contributed by atoms with E-state index in [1.807, 2.05) is 54.6 Å². The molecule has 4 nitrogen and oxygen atoms in total. The number of carbonyl (C=O) groups excluding carboxylic acids is 1. The van der Waals surface area contributed by atoms with Gasteiger partial charge in [-0.25, -0.2) is 0 Å². The lowest BCUT2D eigenvalue weighted by atomic mass is 10.0. The standard InChI is InChI=1S/C17H20N2O2/c18-11-15-9-5-4-8-14(15)10-17(21)19-16(12-20)13-6-2-1-3-7-13/h1-9,16,20H,10-12,18H2,(H,19,21)/t16-/m1/s1. The molecule has 0 saturated heterocycles. The van der Waals surface area contributed by atoms with Crippen LogP contribution in [0.15, 0.2) is 54.6 Å². The molecule has 21 heavy (non-hydrogen) atoms. The van der Waals surface area contributed by atoms with E-state index in [0.29, 0.717) is 6.54 Å². The highest BCUT2D eigenvalue weighted by Gasteiger charge is 2.14. The second-order valence-electron chi connectivity index (χ2n) is 4.86. The molecule has 2 rings (SSSR count). The summed E-state index contributed by atoms with van der Waals surface area (Å²) < 4.78 is 0. The Labute approximate surface area is 124 Å². The van der Waals surface area contributed by atoms with E-state index in [2.05, 4.69) is 5.32 Å². The fourth-order valence-electron chi connectivity index (χ4n) is 2.27. The molecule has 0 radical (unpaired) electrons. The molecule has 0 aliphatic rings. The SMILES string of the molecule is NCc1ccccc1CC(=O)N[C@H](CO)c1ccccc1. The molecular weight excluding hydrogens is 264 g/mol. The van der Waals surface area contributed by atoms with Gasteiger partial charge >= 0.3 is 0 Å². The lowest BCUT2D eigenvalue weighted by Gasteiger charge is -2.17. The zero-order valence-corrected chi connectivity index (χ0v) is 11.8. The number of benzene rings is 2. The van der Waals surface area contributed by atoms with Crippen molar-refractivity contribution >= 4 is 5.91 Å². The number of rotatable bonds is 6. The number of nitrogens with two attached hydrogens (primary N) is 1. The van der Waals surface area contributed by atoms with Crippen LogP contribution in [0.25, 0.3) is 0 Å². The largest absolute Gasteiger partial charge is 0.394 e. The number of carbonyl (C=O) groups is 1. The van der Waals surface area contributed by atoms with E-state index in [9.17, 15) is 9.90 Å². The first-order chi connectivity index (χ1) is 10.2. The minimum atomic E-state index is -0.385. The Morgan fingerprint density at radius 1 is 1.05 bits per heavy atom. The number of hydrogen-bond acceptors (Lipinski definition) is 3. The predicted octanol–water partition coefficient (Wildman–Crippen LogP) is 1.54. The van der Waals surface area contributed by atoms with Gasteiger partial charge in [0.2, 0.25) is 5.91 Å². The van der Waals surface area contributed by atoms with Gasteiger partial charge in [0, 0.05) is 6.54 Å². The first-order valence-electron chi connectivity index (χ1n) is 6.96. The molecule has 0 bridgehead atoms. The molecule has 1 amide bonds. The van der Waals surface area contributed by atoms with Crippen molar-refractivity contribution in [2.45, 2.75) is 19.0 Å². The molecule has 4 N–H and O–H groups in total. The maximum absolute atomic E-state index is 12.2. The second-order valence-corrected chi connectivity index (χ2v) is 4.86. The maximum atomic E-state index is 12.2. The fraction of sp³-hybridized carbons (Fsp3) is 0.235. The van der Waals surface area contributed by atoms with Crippen LogP contribution in [0.2, 0.25) is 0 Å². The third-order valence-corrected chi connectivity index (χ3v) is 3.41. The second kappa shape index (κ2) is 7.57. The fourth-order valence-corrected chi connectivity index (χ4v) is 2.27.